The van der Waals surface area contributed by atoms with Crippen LogP contribution in [0.2, 0.25) is 6.04 Å². The minimum absolute atomic E-state index is 0.228. The van der Waals surface area contributed by atoms with E-state index in [2.05, 4.69) is 6.92 Å². The predicted molar refractivity (Wildman–Crippen MR) is 79.1 cm³/mol. The van der Waals surface area contributed by atoms with E-state index >= 15 is 0 Å². The maximum absolute atomic E-state index is 6.02. The van der Waals surface area contributed by atoms with Gasteiger partial charge in [0.1, 0.15) is 0 Å². The topological polar surface area (TPSA) is 36.9 Å². The fraction of sp³-hybridized carbons (Fsp3) is 1.00. The first-order valence-electron chi connectivity index (χ1n) is 7.67. The summed E-state index contributed by atoms with van der Waals surface area (Å²) in [6.07, 6.45) is 4.57. The molecule has 0 saturated carbocycles. The van der Waals surface area contributed by atoms with Gasteiger partial charge in [-0.15, -0.1) is 0 Å². The van der Waals surface area contributed by atoms with Gasteiger partial charge in [0.05, 0.1) is 11.8 Å². The molecule has 0 bridgehead atoms. The molecule has 0 amide bonds. The van der Waals surface area contributed by atoms with Crippen molar-refractivity contribution in [2.75, 3.05) is 33.5 Å². The SMILES string of the molecule is CCC[SiH](OC)C1OCCCC1OCCCOCC. The Balaban J connectivity index is 2.34. The first-order valence-corrected chi connectivity index (χ1v) is 9.62. The second-order valence-corrected chi connectivity index (χ2v) is 7.78. The van der Waals surface area contributed by atoms with E-state index in [9.17, 15) is 0 Å². The summed E-state index contributed by atoms with van der Waals surface area (Å²) in [6, 6.07) is 1.17. The summed E-state index contributed by atoms with van der Waals surface area (Å²) in [6.45, 7) is 7.42. The summed E-state index contributed by atoms with van der Waals surface area (Å²) in [4.78, 5) is 0. The van der Waals surface area contributed by atoms with Gasteiger partial charge < -0.3 is 18.6 Å². The third-order valence-electron chi connectivity index (χ3n) is 3.52. The van der Waals surface area contributed by atoms with Crippen LogP contribution in [-0.4, -0.2) is 54.4 Å². The third kappa shape index (κ3) is 6.36. The van der Waals surface area contributed by atoms with Crippen molar-refractivity contribution in [3.63, 3.8) is 0 Å². The summed E-state index contributed by atoms with van der Waals surface area (Å²) in [7, 11) is 0.534. The molecule has 1 aliphatic rings. The molecule has 0 aromatic heterocycles. The van der Waals surface area contributed by atoms with Gasteiger partial charge in [-0.05, 0) is 32.2 Å². The molecule has 19 heavy (non-hydrogen) atoms. The first-order chi connectivity index (χ1) is 9.33. The maximum atomic E-state index is 6.02. The van der Waals surface area contributed by atoms with E-state index in [1.54, 1.807) is 0 Å². The van der Waals surface area contributed by atoms with Gasteiger partial charge in [0.15, 0.2) is 0 Å². The molecule has 0 N–H and O–H groups in total. The van der Waals surface area contributed by atoms with Crippen molar-refractivity contribution in [3.05, 3.63) is 0 Å². The van der Waals surface area contributed by atoms with Crippen LogP contribution in [0.1, 0.15) is 39.5 Å². The first kappa shape index (κ1) is 17.1. The van der Waals surface area contributed by atoms with Gasteiger partial charge >= 0.3 is 0 Å². The quantitative estimate of drug-likeness (QED) is 0.457. The van der Waals surface area contributed by atoms with Crippen LogP contribution >= 0.6 is 0 Å². The van der Waals surface area contributed by atoms with Crippen molar-refractivity contribution < 1.29 is 18.6 Å². The lowest BCUT2D eigenvalue weighted by Crippen LogP contribution is -2.48. The van der Waals surface area contributed by atoms with E-state index in [0.717, 1.165) is 45.7 Å². The van der Waals surface area contributed by atoms with E-state index in [1.807, 2.05) is 14.0 Å². The Hall–Kier alpha value is 0.0569. The van der Waals surface area contributed by atoms with Crippen molar-refractivity contribution in [2.24, 2.45) is 0 Å². The van der Waals surface area contributed by atoms with Crippen LogP contribution in [0.5, 0.6) is 0 Å². The van der Waals surface area contributed by atoms with E-state index < -0.39 is 9.04 Å². The van der Waals surface area contributed by atoms with Gasteiger partial charge in [-0.2, -0.15) is 0 Å². The van der Waals surface area contributed by atoms with Gasteiger partial charge in [-0.1, -0.05) is 13.3 Å². The summed E-state index contributed by atoms with van der Waals surface area (Å²) in [5, 5.41) is 0. The van der Waals surface area contributed by atoms with Crippen molar-refractivity contribution in [2.45, 2.75) is 57.4 Å². The van der Waals surface area contributed by atoms with Crippen LogP contribution in [0.3, 0.4) is 0 Å². The molecule has 0 aromatic rings. The molecule has 0 radical (unpaired) electrons. The minimum atomic E-state index is -1.30. The highest BCUT2D eigenvalue weighted by molar-refractivity contribution is 6.53. The van der Waals surface area contributed by atoms with E-state index in [0.29, 0.717) is 0 Å². The average Bonchev–Trinajstić information content (AvgIpc) is 2.45. The van der Waals surface area contributed by atoms with Crippen LogP contribution < -0.4 is 0 Å². The molecule has 0 aliphatic carbocycles. The molecular formula is C14H30O4Si. The third-order valence-corrected chi connectivity index (χ3v) is 6.63. The lowest BCUT2D eigenvalue weighted by Gasteiger charge is -2.35. The summed E-state index contributed by atoms with van der Waals surface area (Å²) < 4.78 is 23.0. The molecule has 114 valence electrons. The van der Waals surface area contributed by atoms with E-state index in [-0.39, 0.29) is 11.8 Å². The molecule has 1 saturated heterocycles. The second-order valence-electron chi connectivity index (χ2n) is 5.00. The fourth-order valence-corrected chi connectivity index (χ4v) is 5.08. The van der Waals surface area contributed by atoms with Crippen LogP contribution in [0.4, 0.5) is 0 Å². The zero-order chi connectivity index (χ0) is 13.9. The van der Waals surface area contributed by atoms with Crippen LogP contribution in [-0.2, 0) is 18.6 Å². The molecule has 4 nitrogen and oxygen atoms in total. The van der Waals surface area contributed by atoms with E-state index in [1.165, 1.54) is 12.5 Å². The van der Waals surface area contributed by atoms with Crippen LogP contribution in [0.25, 0.3) is 0 Å². The van der Waals surface area contributed by atoms with Crippen molar-refractivity contribution in [3.8, 4) is 0 Å². The average molecular weight is 290 g/mol. The molecule has 0 spiro atoms. The number of ether oxygens (including phenoxy) is 3. The van der Waals surface area contributed by atoms with Gasteiger partial charge in [0, 0.05) is 33.5 Å². The lowest BCUT2D eigenvalue weighted by molar-refractivity contribution is -0.0811. The molecule has 1 heterocycles. The second kappa shape index (κ2) is 10.8. The van der Waals surface area contributed by atoms with Crippen LogP contribution in [0.15, 0.2) is 0 Å². The summed E-state index contributed by atoms with van der Waals surface area (Å²) in [5.41, 5.74) is 0.228. The Kier molecular flexibility index (Phi) is 9.72. The number of hydrogen-bond acceptors (Lipinski definition) is 4. The Bertz CT molecular complexity index is 216. The molecule has 0 aromatic carbocycles. The minimum Gasteiger partial charge on any atom is -0.420 e. The predicted octanol–water partition coefficient (Wildman–Crippen LogP) is 2.30. The molecular weight excluding hydrogens is 260 g/mol. The fourth-order valence-electron chi connectivity index (χ4n) is 2.54. The Morgan fingerprint density at radius 2 is 2.11 bits per heavy atom. The standard InChI is InChI=1S/C14H30O4Si/c1-4-12-19(15-3)14-13(8-6-10-18-14)17-11-7-9-16-5-2/h13-14,19H,4-12H2,1-3H3. The zero-order valence-corrected chi connectivity index (χ0v) is 13.9. The Morgan fingerprint density at radius 1 is 1.26 bits per heavy atom. The van der Waals surface area contributed by atoms with Gasteiger partial charge in [0.25, 0.3) is 0 Å². The van der Waals surface area contributed by atoms with Gasteiger partial charge in [-0.25, -0.2) is 0 Å². The zero-order valence-electron chi connectivity index (χ0n) is 12.7. The highest BCUT2D eigenvalue weighted by Gasteiger charge is 2.34. The summed E-state index contributed by atoms with van der Waals surface area (Å²) in [5.74, 6) is 0. The van der Waals surface area contributed by atoms with Gasteiger partial charge in [-0.3, -0.25) is 0 Å². The maximum Gasteiger partial charge on any atom is 0.208 e. The highest BCUT2D eigenvalue weighted by Crippen LogP contribution is 2.22. The monoisotopic (exact) mass is 290 g/mol. The van der Waals surface area contributed by atoms with Gasteiger partial charge in [0.2, 0.25) is 9.04 Å². The van der Waals surface area contributed by atoms with Crippen molar-refractivity contribution >= 4 is 9.04 Å². The molecule has 1 fully saturated rings. The number of rotatable bonds is 10. The Morgan fingerprint density at radius 3 is 2.79 bits per heavy atom. The number of hydrogen-bond donors (Lipinski definition) is 0. The van der Waals surface area contributed by atoms with E-state index in [4.69, 9.17) is 18.6 Å². The Labute approximate surface area is 119 Å². The summed E-state index contributed by atoms with van der Waals surface area (Å²) >= 11 is 0. The largest absolute Gasteiger partial charge is 0.420 e. The molecule has 3 unspecified atom stereocenters. The molecule has 1 rings (SSSR count). The highest BCUT2D eigenvalue weighted by atomic mass is 28.3. The molecule has 1 aliphatic heterocycles. The van der Waals surface area contributed by atoms with Crippen molar-refractivity contribution in [1.82, 2.24) is 0 Å². The normalized spacial score (nSPS) is 25.4. The lowest BCUT2D eigenvalue weighted by atomic mass is 10.2. The smallest absolute Gasteiger partial charge is 0.208 e. The molecule has 5 heteroatoms. The molecule has 3 atom stereocenters. The van der Waals surface area contributed by atoms with Crippen molar-refractivity contribution in [1.29, 1.82) is 0 Å². The van der Waals surface area contributed by atoms with Crippen LogP contribution in [0, 0.1) is 0 Å².